The number of carbonyl (C=O) groups excluding carboxylic acids is 1. The molecule has 0 fully saturated rings. The van der Waals surface area contributed by atoms with Gasteiger partial charge in [-0.25, -0.2) is 0 Å². The van der Waals surface area contributed by atoms with Crippen molar-refractivity contribution in [1.29, 1.82) is 0 Å². The normalized spacial score (nSPS) is 17.6. The van der Waals surface area contributed by atoms with E-state index in [1.165, 1.54) is 11.1 Å². The van der Waals surface area contributed by atoms with Crippen molar-refractivity contribution in [1.82, 2.24) is 10.9 Å². The lowest BCUT2D eigenvalue weighted by molar-refractivity contribution is -0.917. The molecule has 4 nitrogen and oxygen atoms in total. The van der Waals surface area contributed by atoms with Gasteiger partial charge in [-0.1, -0.05) is 15.9 Å². The van der Waals surface area contributed by atoms with Crippen LogP contribution < -0.4 is 15.8 Å². The predicted molar refractivity (Wildman–Crippen MR) is 104 cm³/mol. The summed E-state index contributed by atoms with van der Waals surface area (Å²) in [6.07, 6.45) is 3.17. The number of halogens is 1. The maximum atomic E-state index is 12.1. The smallest absolute Gasteiger partial charge is 0.248 e. The summed E-state index contributed by atoms with van der Waals surface area (Å²) in [7, 11) is 0. The first-order chi connectivity index (χ1) is 11.4. The maximum absolute atomic E-state index is 12.1. The van der Waals surface area contributed by atoms with E-state index in [-0.39, 0.29) is 5.91 Å². The number of hydrogen-bond acceptors (Lipinski definition) is 3. The van der Waals surface area contributed by atoms with Gasteiger partial charge in [-0.05, 0) is 57.0 Å². The lowest BCUT2D eigenvalue weighted by Crippen LogP contribution is -3.15. The van der Waals surface area contributed by atoms with Gasteiger partial charge >= 0.3 is 0 Å². The molecule has 3 N–H and O–H groups in total. The Labute approximate surface area is 157 Å². The summed E-state index contributed by atoms with van der Waals surface area (Å²) in [5.74, 6) is 0.408. The van der Waals surface area contributed by atoms with E-state index in [2.05, 4.69) is 72.7 Å². The van der Waals surface area contributed by atoms with E-state index < -0.39 is 0 Å². The van der Waals surface area contributed by atoms with Crippen LogP contribution in [0.2, 0.25) is 0 Å². The summed E-state index contributed by atoms with van der Waals surface area (Å²) in [6.45, 7) is 10.7. The van der Waals surface area contributed by atoms with Gasteiger partial charge in [-0.2, -0.15) is 0 Å². The Balaban J connectivity index is 1.77. The minimum Gasteiger partial charge on any atom is -0.329 e. The second-order valence-corrected chi connectivity index (χ2v) is 8.45. The standard InChI is InChI=1S/C18H26BrN3OS/c1-12(2)22-7-5-15(6-8-22)20-21-18(23)11-24-17-10-13(3)16(19)9-14(17)4/h5,9-10,12,20H,6-8,11H2,1-4H3,(H,21,23)/p+1. The fourth-order valence-electron chi connectivity index (χ4n) is 2.63. The van der Waals surface area contributed by atoms with Crippen molar-refractivity contribution in [2.45, 2.75) is 45.1 Å². The van der Waals surface area contributed by atoms with Gasteiger partial charge in [0.25, 0.3) is 0 Å². The van der Waals surface area contributed by atoms with Gasteiger partial charge in [-0.3, -0.25) is 10.2 Å². The molecule has 0 aliphatic carbocycles. The van der Waals surface area contributed by atoms with E-state index in [9.17, 15) is 4.79 Å². The van der Waals surface area contributed by atoms with Crippen LogP contribution in [-0.4, -0.2) is 30.8 Å². The van der Waals surface area contributed by atoms with E-state index in [1.54, 1.807) is 16.7 Å². The summed E-state index contributed by atoms with van der Waals surface area (Å²) in [6, 6.07) is 4.87. The third-order valence-electron chi connectivity index (χ3n) is 4.32. The number of nitrogens with one attached hydrogen (secondary N) is 3. The minimum atomic E-state index is -0.000456. The van der Waals surface area contributed by atoms with E-state index in [1.807, 2.05) is 0 Å². The van der Waals surface area contributed by atoms with Crippen molar-refractivity contribution in [3.05, 3.63) is 39.5 Å². The summed E-state index contributed by atoms with van der Waals surface area (Å²) in [5, 5.41) is 0. The van der Waals surface area contributed by atoms with Crippen molar-refractivity contribution < 1.29 is 9.69 Å². The molecule has 1 aliphatic rings. The first-order valence-electron chi connectivity index (χ1n) is 8.35. The highest BCUT2D eigenvalue weighted by Crippen LogP contribution is 2.28. The monoisotopic (exact) mass is 412 g/mol. The van der Waals surface area contributed by atoms with E-state index in [0.717, 1.165) is 34.6 Å². The number of amides is 1. The molecule has 2 rings (SSSR count). The molecule has 6 heteroatoms. The molecular formula is C18H27BrN3OS+. The van der Waals surface area contributed by atoms with Crippen LogP contribution in [0.5, 0.6) is 0 Å². The molecule has 0 aromatic heterocycles. The number of hydrogen-bond donors (Lipinski definition) is 3. The van der Waals surface area contributed by atoms with Crippen LogP contribution in [0.1, 0.15) is 31.4 Å². The third kappa shape index (κ3) is 5.53. The van der Waals surface area contributed by atoms with E-state index in [0.29, 0.717) is 11.8 Å². The maximum Gasteiger partial charge on any atom is 0.248 e. The van der Waals surface area contributed by atoms with Gasteiger partial charge in [0.2, 0.25) is 5.91 Å². The number of quaternary nitrogens is 1. The second-order valence-electron chi connectivity index (χ2n) is 6.58. The number of thioether (sulfide) groups is 1. The fraction of sp³-hybridized carbons (Fsp3) is 0.500. The first kappa shape index (κ1) is 19.3. The van der Waals surface area contributed by atoms with Crippen molar-refractivity contribution in [3.8, 4) is 0 Å². The lowest BCUT2D eigenvalue weighted by atomic mass is 10.2. The van der Waals surface area contributed by atoms with Gasteiger partial charge in [0.15, 0.2) is 0 Å². The largest absolute Gasteiger partial charge is 0.329 e. The SMILES string of the molecule is Cc1cc(SCC(=O)NNC2=CC[NH+](C(C)C)CC2)c(C)cc1Br. The van der Waals surface area contributed by atoms with Crippen molar-refractivity contribution in [2.75, 3.05) is 18.8 Å². The minimum absolute atomic E-state index is 0.000456. The number of carbonyl (C=O) groups is 1. The number of hydrazine groups is 1. The second kappa shape index (κ2) is 8.92. The quantitative estimate of drug-likeness (QED) is 0.496. The Kier molecular flexibility index (Phi) is 7.19. The van der Waals surface area contributed by atoms with Crippen molar-refractivity contribution in [2.24, 2.45) is 0 Å². The van der Waals surface area contributed by atoms with Crippen LogP contribution >= 0.6 is 27.7 Å². The molecule has 0 spiro atoms. The Bertz CT molecular complexity index is 631. The zero-order valence-electron chi connectivity index (χ0n) is 14.8. The van der Waals surface area contributed by atoms with E-state index in [4.69, 9.17) is 0 Å². The Morgan fingerprint density at radius 3 is 2.71 bits per heavy atom. The molecular weight excluding hydrogens is 386 g/mol. The van der Waals surface area contributed by atoms with Crippen molar-refractivity contribution >= 4 is 33.6 Å². The zero-order chi connectivity index (χ0) is 17.7. The van der Waals surface area contributed by atoms with Gasteiger partial charge in [0.05, 0.1) is 24.9 Å². The molecule has 1 unspecified atom stereocenters. The molecule has 1 aromatic rings. The summed E-state index contributed by atoms with van der Waals surface area (Å²) in [5.41, 5.74) is 9.39. The van der Waals surface area contributed by atoms with Crippen LogP contribution in [-0.2, 0) is 4.79 Å². The average molecular weight is 413 g/mol. The summed E-state index contributed by atoms with van der Waals surface area (Å²) in [4.78, 5) is 14.8. The molecule has 0 saturated heterocycles. The van der Waals surface area contributed by atoms with E-state index >= 15 is 0 Å². The summed E-state index contributed by atoms with van der Waals surface area (Å²) < 4.78 is 1.11. The van der Waals surface area contributed by atoms with Gasteiger partial charge < -0.3 is 10.3 Å². The average Bonchev–Trinajstić information content (AvgIpc) is 2.55. The van der Waals surface area contributed by atoms with Gasteiger partial charge in [0.1, 0.15) is 0 Å². The van der Waals surface area contributed by atoms with Crippen LogP contribution in [0.3, 0.4) is 0 Å². The van der Waals surface area contributed by atoms with Gasteiger partial charge in [0, 0.05) is 21.5 Å². The highest BCUT2D eigenvalue weighted by Gasteiger charge is 2.17. The van der Waals surface area contributed by atoms with Crippen LogP contribution in [0.25, 0.3) is 0 Å². The van der Waals surface area contributed by atoms with Crippen LogP contribution in [0, 0.1) is 13.8 Å². The highest BCUT2D eigenvalue weighted by atomic mass is 79.9. The third-order valence-corrected chi connectivity index (χ3v) is 6.33. The molecule has 1 aromatic carbocycles. The Morgan fingerprint density at radius 1 is 1.33 bits per heavy atom. The molecule has 132 valence electrons. The Morgan fingerprint density at radius 2 is 2.08 bits per heavy atom. The number of rotatable bonds is 6. The highest BCUT2D eigenvalue weighted by molar-refractivity contribution is 9.10. The van der Waals surface area contributed by atoms with Crippen LogP contribution in [0.15, 0.2) is 33.3 Å². The molecule has 1 aliphatic heterocycles. The number of aryl methyl sites for hydroxylation is 2. The zero-order valence-corrected chi connectivity index (χ0v) is 17.2. The molecule has 1 heterocycles. The van der Waals surface area contributed by atoms with Crippen LogP contribution in [0.4, 0.5) is 0 Å². The Hall–Kier alpha value is -0.980. The molecule has 24 heavy (non-hydrogen) atoms. The molecule has 1 amide bonds. The molecule has 0 saturated carbocycles. The predicted octanol–water partition coefficient (Wildman–Crippen LogP) is 2.36. The lowest BCUT2D eigenvalue weighted by Gasteiger charge is -2.27. The number of benzene rings is 1. The van der Waals surface area contributed by atoms with Crippen molar-refractivity contribution in [3.63, 3.8) is 0 Å². The molecule has 0 bridgehead atoms. The molecule has 1 atom stereocenters. The van der Waals surface area contributed by atoms with Gasteiger partial charge in [-0.15, -0.1) is 11.8 Å². The molecule has 0 radical (unpaired) electrons. The topological polar surface area (TPSA) is 45.6 Å². The fourth-order valence-corrected chi connectivity index (χ4v) is 3.99. The first-order valence-corrected chi connectivity index (χ1v) is 10.1. The summed E-state index contributed by atoms with van der Waals surface area (Å²) >= 11 is 5.11.